The van der Waals surface area contributed by atoms with Crippen LogP contribution >= 0.6 is 0 Å². The highest BCUT2D eigenvalue weighted by atomic mass is 16.5. The number of para-hydroxylation sites is 1. The van der Waals surface area contributed by atoms with Crippen LogP contribution in [0.2, 0.25) is 0 Å². The summed E-state index contributed by atoms with van der Waals surface area (Å²) in [5.74, 6) is -0.0740. The predicted octanol–water partition coefficient (Wildman–Crippen LogP) is 3.40. The van der Waals surface area contributed by atoms with E-state index in [1.807, 2.05) is 30.3 Å². The largest absolute Gasteiger partial charge is 0.466 e. The Labute approximate surface area is 208 Å². The summed E-state index contributed by atoms with van der Waals surface area (Å²) in [5.41, 5.74) is 1.60. The summed E-state index contributed by atoms with van der Waals surface area (Å²) in [4.78, 5) is 39.1. The number of benzene rings is 3. The molecule has 0 fully saturated rings. The lowest BCUT2D eigenvalue weighted by molar-refractivity contribution is -0.136. The lowest BCUT2D eigenvalue weighted by Crippen LogP contribution is -2.31. The first-order valence-electron chi connectivity index (χ1n) is 11.2. The van der Waals surface area contributed by atoms with Crippen LogP contribution in [0, 0.1) is 0 Å². The lowest BCUT2D eigenvalue weighted by Gasteiger charge is -2.15. The zero-order valence-corrected chi connectivity index (χ0v) is 19.6. The van der Waals surface area contributed by atoms with Crippen LogP contribution in [0.5, 0.6) is 11.5 Å². The van der Waals surface area contributed by atoms with Gasteiger partial charge in [0.05, 0.1) is 25.8 Å². The quantitative estimate of drug-likeness (QED) is 0.396. The van der Waals surface area contributed by atoms with E-state index in [9.17, 15) is 19.5 Å². The lowest BCUT2D eigenvalue weighted by atomic mass is 10.1. The summed E-state index contributed by atoms with van der Waals surface area (Å²) >= 11 is 0. The molecule has 1 heterocycles. The van der Waals surface area contributed by atoms with Gasteiger partial charge in [-0.2, -0.15) is 0 Å². The van der Waals surface area contributed by atoms with Gasteiger partial charge in [0.15, 0.2) is 0 Å². The first kappa shape index (κ1) is 24.5. The van der Waals surface area contributed by atoms with E-state index in [1.165, 1.54) is 12.0 Å². The Balaban J connectivity index is 1.45. The van der Waals surface area contributed by atoms with E-state index in [0.717, 1.165) is 0 Å². The van der Waals surface area contributed by atoms with Crippen LogP contribution in [-0.2, 0) is 14.3 Å². The number of hydrogen-bond acceptors (Lipinski definition) is 7. The number of aliphatic hydroxyl groups excluding tert-OH is 1. The number of nitrogens with zero attached hydrogens (tertiary/aromatic N) is 1. The molecule has 184 valence electrons. The number of nitrogens with one attached hydrogen (secondary N) is 2. The number of amides is 2. The van der Waals surface area contributed by atoms with E-state index < -0.39 is 11.9 Å². The Hall–Kier alpha value is -4.63. The summed E-state index contributed by atoms with van der Waals surface area (Å²) in [5, 5.41) is 15.0. The van der Waals surface area contributed by atoms with Gasteiger partial charge in [0.25, 0.3) is 11.8 Å². The van der Waals surface area contributed by atoms with Gasteiger partial charge < -0.3 is 30.1 Å². The van der Waals surface area contributed by atoms with Crippen molar-refractivity contribution in [3.63, 3.8) is 0 Å². The molecule has 3 N–H and O–H groups in total. The Kier molecular flexibility index (Phi) is 7.62. The molecule has 0 aliphatic carbocycles. The normalized spacial score (nSPS) is 12.9. The number of carbonyl (C=O) groups excluding carboxylic acids is 3. The minimum Gasteiger partial charge on any atom is -0.466 e. The van der Waals surface area contributed by atoms with Crippen LogP contribution in [0.1, 0.15) is 10.4 Å². The predicted molar refractivity (Wildman–Crippen MR) is 134 cm³/mol. The standard InChI is InChI=1S/C27H25N3O6/c1-35-27(34)23-17-30(14-15-31)26(33)24(23)28-20-7-5-6-18(16-20)25(32)29-19-10-12-22(13-11-19)36-21-8-3-2-4-9-21/h2-13,16,28,31H,14-15,17H2,1H3,(H,29,32). The van der Waals surface area contributed by atoms with Crippen molar-refractivity contribution in [2.75, 3.05) is 37.4 Å². The molecule has 0 radical (unpaired) electrons. The highest BCUT2D eigenvalue weighted by Crippen LogP contribution is 2.25. The molecule has 0 atom stereocenters. The van der Waals surface area contributed by atoms with Crippen molar-refractivity contribution in [1.29, 1.82) is 0 Å². The van der Waals surface area contributed by atoms with Crippen LogP contribution in [0.3, 0.4) is 0 Å². The fourth-order valence-corrected chi connectivity index (χ4v) is 3.67. The molecule has 0 bridgehead atoms. The number of esters is 1. The van der Waals surface area contributed by atoms with Crippen molar-refractivity contribution in [3.05, 3.63) is 95.7 Å². The van der Waals surface area contributed by atoms with Gasteiger partial charge in [-0.25, -0.2) is 4.79 Å². The van der Waals surface area contributed by atoms with E-state index in [-0.39, 0.29) is 36.9 Å². The third kappa shape index (κ3) is 5.70. The van der Waals surface area contributed by atoms with Gasteiger partial charge >= 0.3 is 5.97 Å². The van der Waals surface area contributed by atoms with Crippen molar-refractivity contribution in [1.82, 2.24) is 4.90 Å². The van der Waals surface area contributed by atoms with Crippen LogP contribution in [0.25, 0.3) is 0 Å². The van der Waals surface area contributed by atoms with Crippen molar-refractivity contribution >= 4 is 29.2 Å². The zero-order chi connectivity index (χ0) is 25.5. The van der Waals surface area contributed by atoms with Crippen LogP contribution < -0.4 is 15.4 Å². The summed E-state index contributed by atoms with van der Waals surface area (Å²) < 4.78 is 10.6. The maximum atomic E-state index is 12.8. The van der Waals surface area contributed by atoms with E-state index in [0.29, 0.717) is 28.4 Å². The minimum atomic E-state index is -0.639. The number of anilines is 2. The molecule has 9 nitrogen and oxygen atoms in total. The molecule has 0 aromatic heterocycles. The SMILES string of the molecule is COC(=O)C1=C(Nc2cccc(C(=O)Nc3ccc(Oc4ccccc4)cc3)c2)C(=O)N(CCO)C1. The monoisotopic (exact) mass is 487 g/mol. The van der Waals surface area contributed by atoms with Crippen LogP contribution in [0.15, 0.2) is 90.1 Å². The molecule has 2 amide bonds. The first-order valence-corrected chi connectivity index (χ1v) is 11.2. The fraction of sp³-hybridized carbons (Fsp3) is 0.148. The van der Waals surface area contributed by atoms with Gasteiger partial charge in [-0.05, 0) is 54.6 Å². The maximum Gasteiger partial charge on any atom is 0.337 e. The number of β-amino-alcohol motifs (C(OH)–C–C–N with tert-alkyl or cyclic N) is 1. The van der Waals surface area contributed by atoms with Crippen molar-refractivity contribution in [2.24, 2.45) is 0 Å². The Morgan fingerprint density at radius 2 is 1.67 bits per heavy atom. The molecular formula is C27H25N3O6. The summed E-state index contributed by atoms with van der Waals surface area (Å²) in [6.07, 6.45) is 0. The Morgan fingerprint density at radius 3 is 2.36 bits per heavy atom. The number of aliphatic hydroxyl groups is 1. The molecule has 3 aromatic carbocycles. The number of carbonyl (C=O) groups is 3. The maximum absolute atomic E-state index is 12.8. The van der Waals surface area contributed by atoms with E-state index in [1.54, 1.807) is 48.5 Å². The van der Waals surface area contributed by atoms with E-state index >= 15 is 0 Å². The number of methoxy groups -OCH3 is 1. The van der Waals surface area contributed by atoms with Gasteiger partial charge in [0.2, 0.25) is 0 Å². The second-order valence-electron chi connectivity index (χ2n) is 7.89. The molecule has 0 saturated carbocycles. The topological polar surface area (TPSA) is 117 Å². The molecule has 0 spiro atoms. The highest BCUT2D eigenvalue weighted by Gasteiger charge is 2.34. The second-order valence-corrected chi connectivity index (χ2v) is 7.89. The highest BCUT2D eigenvalue weighted by molar-refractivity contribution is 6.09. The fourth-order valence-electron chi connectivity index (χ4n) is 3.67. The Morgan fingerprint density at radius 1 is 0.944 bits per heavy atom. The number of hydrogen-bond donors (Lipinski definition) is 3. The average Bonchev–Trinajstić information content (AvgIpc) is 3.20. The van der Waals surface area contributed by atoms with Gasteiger partial charge in [-0.3, -0.25) is 9.59 Å². The van der Waals surface area contributed by atoms with Gasteiger partial charge in [-0.1, -0.05) is 24.3 Å². The molecule has 3 aromatic rings. The minimum absolute atomic E-state index is 0.0263. The van der Waals surface area contributed by atoms with Gasteiger partial charge in [0.1, 0.15) is 17.2 Å². The number of rotatable bonds is 9. The molecule has 1 aliphatic rings. The molecule has 4 rings (SSSR count). The smallest absolute Gasteiger partial charge is 0.337 e. The van der Waals surface area contributed by atoms with Gasteiger partial charge in [0, 0.05) is 23.5 Å². The van der Waals surface area contributed by atoms with Crippen LogP contribution in [0.4, 0.5) is 11.4 Å². The second kappa shape index (κ2) is 11.2. The zero-order valence-electron chi connectivity index (χ0n) is 19.6. The molecule has 9 heteroatoms. The van der Waals surface area contributed by atoms with Crippen molar-refractivity contribution < 1.29 is 29.0 Å². The summed E-state index contributed by atoms with van der Waals surface area (Å²) in [6, 6.07) is 22.9. The molecule has 1 aliphatic heterocycles. The summed E-state index contributed by atoms with van der Waals surface area (Å²) in [6.45, 7) is -0.122. The molecular weight excluding hydrogens is 462 g/mol. The van der Waals surface area contributed by atoms with Gasteiger partial charge in [-0.15, -0.1) is 0 Å². The van der Waals surface area contributed by atoms with Crippen molar-refractivity contribution in [2.45, 2.75) is 0 Å². The Bertz CT molecular complexity index is 1290. The van der Waals surface area contributed by atoms with E-state index in [4.69, 9.17) is 9.47 Å². The third-order valence-corrected chi connectivity index (χ3v) is 5.44. The average molecular weight is 488 g/mol. The van der Waals surface area contributed by atoms with Crippen molar-refractivity contribution in [3.8, 4) is 11.5 Å². The summed E-state index contributed by atoms with van der Waals surface area (Å²) in [7, 11) is 1.23. The molecule has 0 saturated heterocycles. The van der Waals surface area contributed by atoms with Crippen LogP contribution in [-0.4, -0.2) is 54.6 Å². The number of ether oxygens (including phenoxy) is 2. The first-order chi connectivity index (χ1) is 17.5. The van der Waals surface area contributed by atoms with E-state index in [2.05, 4.69) is 10.6 Å². The molecule has 0 unspecified atom stereocenters. The molecule has 36 heavy (non-hydrogen) atoms. The third-order valence-electron chi connectivity index (χ3n) is 5.44.